The van der Waals surface area contributed by atoms with Gasteiger partial charge in [-0.1, -0.05) is 21.6 Å². The predicted molar refractivity (Wildman–Crippen MR) is 39.1 cm³/mol. The highest BCUT2D eigenvalue weighted by molar-refractivity contribution is 8.78. The molecule has 0 N–H and O–H groups in total. The lowest BCUT2D eigenvalue weighted by molar-refractivity contribution is -0.117. The SMILES string of the molecule is CC1SSC(C)C1=O. The van der Waals surface area contributed by atoms with Gasteiger partial charge in [-0.05, 0) is 13.8 Å². The van der Waals surface area contributed by atoms with Gasteiger partial charge in [0.25, 0.3) is 0 Å². The molecule has 1 heterocycles. The molecule has 46 valence electrons. The first-order valence-corrected chi connectivity index (χ1v) is 4.85. The van der Waals surface area contributed by atoms with Gasteiger partial charge >= 0.3 is 0 Å². The zero-order valence-electron chi connectivity index (χ0n) is 4.88. The summed E-state index contributed by atoms with van der Waals surface area (Å²) in [7, 11) is 3.36. The third-order valence-corrected chi connectivity index (χ3v) is 4.36. The Morgan fingerprint density at radius 3 is 1.75 bits per heavy atom. The van der Waals surface area contributed by atoms with Crippen LogP contribution in [0.4, 0.5) is 0 Å². The van der Waals surface area contributed by atoms with E-state index in [9.17, 15) is 4.79 Å². The van der Waals surface area contributed by atoms with Crippen molar-refractivity contribution in [1.29, 1.82) is 0 Å². The van der Waals surface area contributed by atoms with E-state index in [-0.39, 0.29) is 10.5 Å². The fraction of sp³-hybridized carbons (Fsp3) is 0.800. The molecule has 3 heteroatoms. The Morgan fingerprint density at radius 1 is 1.25 bits per heavy atom. The highest BCUT2D eigenvalue weighted by Gasteiger charge is 2.28. The van der Waals surface area contributed by atoms with Crippen LogP contribution in [0, 0.1) is 0 Å². The number of carbonyl (C=O) groups is 1. The second-order valence-corrected chi connectivity index (χ2v) is 4.83. The van der Waals surface area contributed by atoms with Gasteiger partial charge in [0.2, 0.25) is 0 Å². The van der Waals surface area contributed by atoms with Crippen LogP contribution in [-0.4, -0.2) is 16.3 Å². The number of ketones is 1. The van der Waals surface area contributed by atoms with E-state index in [1.54, 1.807) is 21.6 Å². The average molecular weight is 148 g/mol. The summed E-state index contributed by atoms with van der Waals surface area (Å²) in [5.74, 6) is 0.389. The Labute approximate surface area is 57.0 Å². The minimum absolute atomic E-state index is 0.231. The van der Waals surface area contributed by atoms with Crippen LogP contribution in [-0.2, 0) is 4.79 Å². The molecule has 0 radical (unpaired) electrons. The molecule has 1 rings (SSSR count). The number of hydrogen-bond donors (Lipinski definition) is 0. The van der Waals surface area contributed by atoms with Crippen molar-refractivity contribution in [3.63, 3.8) is 0 Å². The van der Waals surface area contributed by atoms with Gasteiger partial charge in [0.05, 0.1) is 10.5 Å². The number of Topliss-reactive ketones (excluding diaryl/α,β-unsaturated/α-hetero) is 1. The maximum atomic E-state index is 10.9. The summed E-state index contributed by atoms with van der Waals surface area (Å²) in [4.78, 5) is 10.9. The smallest absolute Gasteiger partial charge is 0.159 e. The minimum Gasteiger partial charge on any atom is -0.297 e. The molecule has 0 aromatic carbocycles. The molecule has 1 fully saturated rings. The number of hydrogen-bond acceptors (Lipinski definition) is 3. The molecule has 0 aromatic rings. The van der Waals surface area contributed by atoms with E-state index in [0.29, 0.717) is 5.78 Å². The molecule has 0 spiro atoms. The van der Waals surface area contributed by atoms with E-state index in [1.807, 2.05) is 13.8 Å². The Hall–Kier alpha value is 0.370. The fourth-order valence-electron chi connectivity index (χ4n) is 0.592. The molecule has 1 aliphatic heterocycles. The van der Waals surface area contributed by atoms with Gasteiger partial charge in [-0.3, -0.25) is 4.79 Å². The van der Waals surface area contributed by atoms with Gasteiger partial charge in [0.1, 0.15) is 0 Å². The number of carbonyl (C=O) groups excluding carboxylic acids is 1. The predicted octanol–water partition coefficient (Wildman–Crippen LogP) is 1.73. The van der Waals surface area contributed by atoms with Crippen LogP contribution >= 0.6 is 21.6 Å². The Balaban J connectivity index is 2.57. The quantitative estimate of drug-likeness (QED) is 0.487. The second kappa shape index (κ2) is 2.31. The van der Waals surface area contributed by atoms with Crippen LogP contribution in [0.5, 0.6) is 0 Å². The molecule has 8 heavy (non-hydrogen) atoms. The lowest BCUT2D eigenvalue weighted by Gasteiger charge is -1.93. The van der Waals surface area contributed by atoms with E-state index < -0.39 is 0 Å². The molecule has 2 atom stereocenters. The lowest BCUT2D eigenvalue weighted by atomic mass is 10.2. The van der Waals surface area contributed by atoms with E-state index in [2.05, 4.69) is 0 Å². The van der Waals surface area contributed by atoms with Crippen LogP contribution in [0.1, 0.15) is 13.8 Å². The lowest BCUT2D eigenvalue weighted by Crippen LogP contribution is -2.14. The van der Waals surface area contributed by atoms with Crippen LogP contribution in [0.15, 0.2) is 0 Å². The molecular formula is C5H8OS2. The van der Waals surface area contributed by atoms with Crippen molar-refractivity contribution < 1.29 is 4.79 Å². The minimum atomic E-state index is 0.231. The molecule has 2 unspecified atom stereocenters. The summed E-state index contributed by atoms with van der Waals surface area (Å²) in [5.41, 5.74) is 0. The molecular weight excluding hydrogens is 140 g/mol. The third kappa shape index (κ3) is 1.03. The number of rotatable bonds is 0. The van der Waals surface area contributed by atoms with Crippen molar-refractivity contribution in [2.24, 2.45) is 0 Å². The standard InChI is InChI=1S/C5H8OS2/c1-3-5(6)4(2)8-7-3/h3-4H,1-2H3. The van der Waals surface area contributed by atoms with Gasteiger partial charge in [-0.25, -0.2) is 0 Å². The van der Waals surface area contributed by atoms with Crippen LogP contribution in [0.2, 0.25) is 0 Å². The van der Waals surface area contributed by atoms with Gasteiger partial charge in [0, 0.05) is 0 Å². The fourth-order valence-corrected chi connectivity index (χ4v) is 3.18. The molecule has 0 aliphatic carbocycles. The van der Waals surface area contributed by atoms with E-state index in [1.165, 1.54) is 0 Å². The van der Waals surface area contributed by atoms with E-state index in [4.69, 9.17) is 0 Å². The zero-order valence-corrected chi connectivity index (χ0v) is 6.51. The summed E-state index contributed by atoms with van der Waals surface area (Å²) in [6, 6.07) is 0. The van der Waals surface area contributed by atoms with E-state index in [0.717, 1.165) is 0 Å². The normalized spacial score (nSPS) is 38.5. The van der Waals surface area contributed by atoms with Crippen molar-refractivity contribution in [2.45, 2.75) is 24.3 Å². The Bertz CT molecular complexity index is 101. The highest BCUT2D eigenvalue weighted by Crippen LogP contribution is 2.40. The molecule has 1 nitrogen and oxygen atoms in total. The van der Waals surface area contributed by atoms with E-state index >= 15 is 0 Å². The molecule has 1 saturated heterocycles. The molecule has 1 aliphatic rings. The first-order valence-electron chi connectivity index (χ1n) is 2.57. The maximum absolute atomic E-state index is 10.9. The summed E-state index contributed by atoms with van der Waals surface area (Å²) < 4.78 is 0. The summed E-state index contributed by atoms with van der Waals surface area (Å²) >= 11 is 0. The molecule has 0 amide bonds. The summed E-state index contributed by atoms with van der Waals surface area (Å²) in [6.45, 7) is 3.92. The first kappa shape index (κ1) is 6.49. The van der Waals surface area contributed by atoms with Crippen molar-refractivity contribution in [1.82, 2.24) is 0 Å². The maximum Gasteiger partial charge on any atom is 0.159 e. The zero-order chi connectivity index (χ0) is 6.15. The topological polar surface area (TPSA) is 17.1 Å². The van der Waals surface area contributed by atoms with Crippen molar-refractivity contribution in [2.75, 3.05) is 0 Å². The Morgan fingerprint density at radius 2 is 1.62 bits per heavy atom. The highest BCUT2D eigenvalue weighted by atomic mass is 33.1. The first-order chi connectivity index (χ1) is 3.72. The monoisotopic (exact) mass is 148 g/mol. The van der Waals surface area contributed by atoms with Crippen molar-refractivity contribution in [3.05, 3.63) is 0 Å². The molecule has 0 saturated carbocycles. The van der Waals surface area contributed by atoms with Gasteiger partial charge in [-0.15, -0.1) is 0 Å². The summed E-state index contributed by atoms with van der Waals surface area (Å²) in [5, 5.41) is 0.463. The molecule has 0 bridgehead atoms. The van der Waals surface area contributed by atoms with Crippen molar-refractivity contribution >= 4 is 27.4 Å². The average Bonchev–Trinajstić information content (AvgIpc) is 1.98. The van der Waals surface area contributed by atoms with Gasteiger partial charge < -0.3 is 0 Å². The van der Waals surface area contributed by atoms with Crippen LogP contribution in [0.3, 0.4) is 0 Å². The third-order valence-electron chi connectivity index (χ3n) is 1.15. The largest absolute Gasteiger partial charge is 0.297 e. The second-order valence-electron chi connectivity index (χ2n) is 1.88. The van der Waals surface area contributed by atoms with Gasteiger partial charge in [0.15, 0.2) is 5.78 Å². The van der Waals surface area contributed by atoms with Gasteiger partial charge in [-0.2, -0.15) is 0 Å². The Kier molecular flexibility index (Phi) is 1.88. The van der Waals surface area contributed by atoms with Crippen LogP contribution < -0.4 is 0 Å². The van der Waals surface area contributed by atoms with Crippen molar-refractivity contribution in [3.8, 4) is 0 Å². The molecule has 0 aromatic heterocycles. The summed E-state index contributed by atoms with van der Waals surface area (Å²) in [6.07, 6.45) is 0. The van der Waals surface area contributed by atoms with Crippen LogP contribution in [0.25, 0.3) is 0 Å².